The van der Waals surface area contributed by atoms with E-state index in [-0.39, 0.29) is 30.1 Å². The van der Waals surface area contributed by atoms with Gasteiger partial charge in [0.05, 0.1) is 18.8 Å². The molecule has 2 rings (SSSR count). The molecule has 0 aliphatic carbocycles. The van der Waals surface area contributed by atoms with Gasteiger partial charge in [0.15, 0.2) is 5.96 Å². The molecule has 1 unspecified atom stereocenters. The lowest BCUT2D eigenvalue weighted by molar-refractivity contribution is 0.0168. The molecule has 27 heavy (non-hydrogen) atoms. The molecule has 154 valence electrons. The number of hydrogen-bond donors (Lipinski definition) is 2. The molecule has 0 radical (unpaired) electrons. The van der Waals surface area contributed by atoms with E-state index in [1.54, 1.807) is 7.05 Å². The second kappa shape index (κ2) is 14.0. The number of rotatable bonds is 10. The van der Waals surface area contributed by atoms with Crippen molar-refractivity contribution in [1.29, 1.82) is 0 Å². The van der Waals surface area contributed by atoms with Crippen molar-refractivity contribution in [1.82, 2.24) is 15.6 Å². The van der Waals surface area contributed by atoms with Crippen molar-refractivity contribution >= 4 is 29.9 Å². The summed E-state index contributed by atoms with van der Waals surface area (Å²) in [6, 6.07) is 3.89. The summed E-state index contributed by atoms with van der Waals surface area (Å²) >= 11 is 0. The van der Waals surface area contributed by atoms with Gasteiger partial charge in [0.25, 0.3) is 0 Å². The van der Waals surface area contributed by atoms with Gasteiger partial charge in [0.2, 0.25) is 5.88 Å². The van der Waals surface area contributed by atoms with E-state index in [9.17, 15) is 0 Å². The first-order valence-corrected chi connectivity index (χ1v) is 9.43. The van der Waals surface area contributed by atoms with Gasteiger partial charge in [-0.05, 0) is 38.7 Å². The van der Waals surface area contributed by atoms with E-state index in [0.717, 1.165) is 50.5 Å². The van der Waals surface area contributed by atoms with Crippen LogP contribution < -0.4 is 15.4 Å². The molecule has 8 heteroatoms. The highest BCUT2D eigenvalue weighted by atomic mass is 127. The fourth-order valence-corrected chi connectivity index (χ4v) is 2.60. The molecule has 2 N–H and O–H groups in total. The quantitative estimate of drug-likeness (QED) is 0.227. The van der Waals surface area contributed by atoms with E-state index in [1.165, 1.54) is 0 Å². The van der Waals surface area contributed by atoms with Crippen LogP contribution in [0.15, 0.2) is 23.3 Å². The number of pyridine rings is 1. The zero-order chi connectivity index (χ0) is 18.6. The largest absolute Gasteiger partial charge is 0.475 e. The van der Waals surface area contributed by atoms with Gasteiger partial charge in [0, 0.05) is 45.6 Å². The number of aromatic nitrogens is 1. The Balaban J connectivity index is 0.00000364. The SMILES string of the molecule is CN=C(NCCCOCC1CCCO1)NCc1ccc(OC(C)C)nc1.I. The van der Waals surface area contributed by atoms with Crippen LogP contribution in [0.1, 0.15) is 38.7 Å². The van der Waals surface area contributed by atoms with Gasteiger partial charge in [-0.25, -0.2) is 4.98 Å². The summed E-state index contributed by atoms with van der Waals surface area (Å²) in [6.45, 7) is 7.75. The topological polar surface area (TPSA) is 77.0 Å². The van der Waals surface area contributed by atoms with Crippen molar-refractivity contribution in [2.45, 2.75) is 51.9 Å². The van der Waals surface area contributed by atoms with Crippen molar-refractivity contribution in [3.8, 4) is 5.88 Å². The maximum atomic E-state index is 5.66. The maximum Gasteiger partial charge on any atom is 0.213 e. The Morgan fingerprint density at radius 3 is 2.85 bits per heavy atom. The molecule has 0 bridgehead atoms. The van der Waals surface area contributed by atoms with Crippen LogP contribution in [0.5, 0.6) is 5.88 Å². The Morgan fingerprint density at radius 1 is 1.37 bits per heavy atom. The van der Waals surface area contributed by atoms with Crippen LogP contribution in [0, 0.1) is 0 Å². The fourth-order valence-electron chi connectivity index (χ4n) is 2.60. The van der Waals surface area contributed by atoms with Gasteiger partial charge < -0.3 is 24.8 Å². The first kappa shape index (κ1) is 23.9. The van der Waals surface area contributed by atoms with Gasteiger partial charge in [-0.15, -0.1) is 24.0 Å². The lowest BCUT2D eigenvalue weighted by Gasteiger charge is -2.13. The van der Waals surface area contributed by atoms with Crippen molar-refractivity contribution in [2.75, 3.05) is 33.4 Å². The van der Waals surface area contributed by atoms with Crippen molar-refractivity contribution < 1.29 is 14.2 Å². The molecule has 1 aliphatic rings. The zero-order valence-electron chi connectivity index (χ0n) is 16.6. The lowest BCUT2D eigenvalue weighted by Crippen LogP contribution is -2.37. The Morgan fingerprint density at radius 2 is 2.22 bits per heavy atom. The average molecular weight is 492 g/mol. The number of nitrogens with one attached hydrogen (secondary N) is 2. The van der Waals surface area contributed by atoms with Crippen LogP contribution in [0.2, 0.25) is 0 Å². The van der Waals surface area contributed by atoms with Gasteiger partial charge in [0.1, 0.15) is 0 Å². The Hall–Kier alpha value is -1.13. The van der Waals surface area contributed by atoms with E-state index in [0.29, 0.717) is 25.1 Å². The standard InChI is InChI=1S/C19H32N4O3.HI/c1-15(2)26-18-8-7-16(12-22-18)13-23-19(20-3)21-9-5-10-24-14-17-6-4-11-25-17;/h7-8,12,15,17H,4-6,9-11,13-14H2,1-3H3,(H2,20,21,23);1H. The predicted octanol–water partition coefficient (Wildman–Crippen LogP) is 2.74. The number of ether oxygens (including phenoxy) is 3. The van der Waals surface area contributed by atoms with Crippen LogP contribution in [0.3, 0.4) is 0 Å². The lowest BCUT2D eigenvalue weighted by atomic mass is 10.2. The molecule has 0 aromatic carbocycles. The van der Waals surface area contributed by atoms with E-state index >= 15 is 0 Å². The van der Waals surface area contributed by atoms with Crippen molar-refractivity contribution in [3.05, 3.63) is 23.9 Å². The van der Waals surface area contributed by atoms with Crippen LogP contribution in [0.4, 0.5) is 0 Å². The third kappa shape index (κ3) is 10.1. The summed E-state index contributed by atoms with van der Waals surface area (Å²) in [5.74, 6) is 1.42. The summed E-state index contributed by atoms with van der Waals surface area (Å²) in [6.07, 6.45) is 5.44. The normalized spacial score (nSPS) is 16.9. The van der Waals surface area contributed by atoms with Gasteiger partial charge >= 0.3 is 0 Å². The van der Waals surface area contributed by atoms with E-state index in [2.05, 4.69) is 20.6 Å². The molecule has 0 saturated carbocycles. The Kier molecular flexibility index (Phi) is 12.4. The monoisotopic (exact) mass is 492 g/mol. The summed E-state index contributed by atoms with van der Waals surface area (Å²) < 4.78 is 16.7. The smallest absolute Gasteiger partial charge is 0.213 e. The van der Waals surface area contributed by atoms with Gasteiger partial charge in [-0.3, -0.25) is 4.99 Å². The number of halogens is 1. The molecule has 1 aromatic rings. The molecular weight excluding hydrogens is 459 g/mol. The summed E-state index contributed by atoms with van der Waals surface area (Å²) in [5.41, 5.74) is 1.07. The molecular formula is C19H33IN4O3. The Bertz CT molecular complexity index is 534. The molecule has 2 heterocycles. The second-order valence-corrected chi connectivity index (χ2v) is 6.59. The number of guanidine groups is 1. The highest BCUT2D eigenvalue weighted by Gasteiger charge is 2.14. The minimum atomic E-state index is 0. The molecule has 1 saturated heterocycles. The molecule has 0 amide bonds. The summed E-state index contributed by atoms with van der Waals surface area (Å²) in [5, 5.41) is 6.57. The first-order chi connectivity index (χ1) is 12.7. The van der Waals surface area contributed by atoms with Crippen LogP contribution in [0.25, 0.3) is 0 Å². The third-order valence-corrected chi connectivity index (χ3v) is 3.92. The number of nitrogens with zero attached hydrogens (tertiary/aromatic N) is 2. The van der Waals surface area contributed by atoms with Crippen molar-refractivity contribution in [3.63, 3.8) is 0 Å². The first-order valence-electron chi connectivity index (χ1n) is 9.43. The average Bonchev–Trinajstić information content (AvgIpc) is 3.14. The highest BCUT2D eigenvalue weighted by Crippen LogP contribution is 2.12. The molecule has 1 atom stereocenters. The van der Waals surface area contributed by atoms with Crippen LogP contribution in [-0.2, 0) is 16.0 Å². The van der Waals surface area contributed by atoms with Gasteiger partial charge in [-0.1, -0.05) is 6.07 Å². The minimum Gasteiger partial charge on any atom is -0.475 e. The van der Waals surface area contributed by atoms with E-state index in [1.807, 2.05) is 32.2 Å². The fraction of sp³-hybridized carbons (Fsp3) is 0.684. The minimum absolute atomic E-state index is 0. The van der Waals surface area contributed by atoms with Crippen molar-refractivity contribution in [2.24, 2.45) is 4.99 Å². The third-order valence-electron chi connectivity index (χ3n) is 3.92. The Labute approximate surface area is 179 Å². The molecule has 0 spiro atoms. The summed E-state index contributed by atoms with van der Waals surface area (Å²) in [4.78, 5) is 8.53. The van der Waals surface area contributed by atoms with Crippen LogP contribution >= 0.6 is 24.0 Å². The van der Waals surface area contributed by atoms with E-state index < -0.39 is 0 Å². The van der Waals surface area contributed by atoms with Crippen LogP contribution in [-0.4, -0.2) is 56.6 Å². The molecule has 1 fully saturated rings. The zero-order valence-corrected chi connectivity index (χ0v) is 18.9. The molecule has 1 aromatic heterocycles. The summed E-state index contributed by atoms with van der Waals surface area (Å²) in [7, 11) is 1.76. The molecule has 1 aliphatic heterocycles. The second-order valence-electron chi connectivity index (χ2n) is 6.59. The van der Waals surface area contributed by atoms with E-state index in [4.69, 9.17) is 14.2 Å². The number of hydrogen-bond acceptors (Lipinski definition) is 5. The molecule has 7 nitrogen and oxygen atoms in total. The maximum absolute atomic E-state index is 5.66. The number of aliphatic imine (C=N–C) groups is 1. The van der Waals surface area contributed by atoms with Gasteiger partial charge in [-0.2, -0.15) is 0 Å². The highest BCUT2D eigenvalue weighted by molar-refractivity contribution is 14.0. The predicted molar refractivity (Wildman–Crippen MR) is 118 cm³/mol.